The van der Waals surface area contributed by atoms with Crippen molar-refractivity contribution in [3.63, 3.8) is 0 Å². The molecule has 0 saturated carbocycles. The summed E-state index contributed by atoms with van der Waals surface area (Å²) in [5.41, 5.74) is 2.46. The third kappa shape index (κ3) is 2.72. The number of benzene rings is 1. The maximum Gasteiger partial charge on any atom is 0.275 e. The van der Waals surface area contributed by atoms with Gasteiger partial charge in [-0.1, -0.05) is 12.1 Å². The molecular weight excluding hydrogens is 220 g/mol. The number of carbonyl (C=O) groups excluding carboxylic acids is 1. The Bertz CT molecular complexity index is 532. The highest BCUT2D eigenvalue weighted by Crippen LogP contribution is 2.14. The summed E-state index contributed by atoms with van der Waals surface area (Å²) in [6, 6.07) is 9.66. The van der Waals surface area contributed by atoms with Crippen molar-refractivity contribution in [1.29, 1.82) is 0 Å². The van der Waals surface area contributed by atoms with Gasteiger partial charge in [0.1, 0.15) is 11.5 Å². The molecular formula is C12H10N2O3. The average molecular weight is 230 g/mol. The lowest BCUT2D eigenvalue weighted by atomic mass is 10.2. The number of hydrogen-bond acceptors (Lipinski definition) is 4. The van der Waals surface area contributed by atoms with Crippen molar-refractivity contribution in [3.8, 4) is 5.75 Å². The van der Waals surface area contributed by atoms with E-state index in [9.17, 15) is 9.90 Å². The van der Waals surface area contributed by atoms with Gasteiger partial charge in [-0.3, -0.25) is 4.79 Å². The minimum Gasteiger partial charge on any atom is -0.507 e. The molecule has 0 aliphatic rings. The first-order valence-electron chi connectivity index (χ1n) is 4.92. The molecule has 5 heteroatoms. The highest BCUT2D eigenvalue weighted by molar-refractivity contribution is 5.97. The van der Waals surface area contributed by atoms with E-state index in [4.69, 9.17) is 4.42 Å². The summed E-state index contributed by atoms with van der Waals surface area (Å²) in [4.78, 5) is 11.6. The predicted octanol–water partition coefficient (Wildman–Crippen LogP) is 1.75. The number of carbonyl (C=O) groups is 1. The third-order valence-corrected chi connectivity index (χ3v) is 2.05. The molecule has 0 aliphatic carbocycles. The van der Waals surface area contributed by atoms with Crippen LogP contribution >= 0.6 is 0 Å². The zero-order valence-electron chi connectivity index (χ0n) is 8.83. The number of nitrogens with one attached hydrogen (secondary N) is 1. The molecule has 1 aromatic heterocycles. The fourth-order valence-corrected chi connectivity index (χ4v) is 1.25. The molecule has 0 radical (unpaired) electrons. The van der Waals surface area contributed by atoms with Gasteiger partial charge >= 0.3 is 0 Å². The van der Waals surface area contributed by atoms with Crippen LogP contribution in [0.25, 0.3) is 0 Å². The van der Waals surface area contributed by atoms with Crippen molar-refractivity contribution < 1.29 is 14.3 Å². The van der Waals surface area contributed by atoms with E-state index in [1.807, 2.05) is 0 Å². The summed E-state index contributed by atoms with van der Waals surface area (Å²) in [5.74, 6) is -0.0355. The topological polar surface area (TPSA) is 74.8 Å². The van der Waals surface area contributed by atoms with Gasteiger partial charge in [-0.2, -0.15) is 5.10 Å². The summed E-state index contributed by atoms with van der Waals surface area (Å²) < 4.78 is 4.99. The summed E-state index contributed by atoms with van der Waals surface area (Å²) >= 11 is 0. The lowest BCUT2D eigenvalue weighted by molar-refractivity contribution is 0.0952. The monoisotopic (exact) mass is 230 g/mol. The number of para-hydroxylation sites is 1. The number of rotatable bonds is 3. The van der Waals surface area contributed by atoms with E-state index in [0.717, 1.165) is 0 Å². The van der Waals surface area contributed by atoms with E-state index in [2.05, 4.69) is 10.5 Å². The SMILES string of the molecule is O=C(NN=Cc1ccco1)c1ccccc1O. The van der Waals surface area contributed by atoms with Gasteiger partial charge in [0.2, 0.25) is 0 Å². The molecule has 0 fully saturated rings. The molecule has 1 heterocycles. The molecule has 1 aromatic carbocycles. The largest absolute Gasteiger partial charge is 0.507 e. The Labute approximate surface area is 97.4 Å². The van der Waals surface area contributed by atoms with Crippen LogP contribution in [0, 0.1) is 0 Å². The Morgan fingerprint density at radius 1 is 1.29 bits per heavy atom. The van der Waals surface area contributed by atoms with Gasteiger partial charge in [0, 0.05) is 0 Å². The van der Waals surface area contributed by atoms with Gasteiger partial charge in [-0.15, -0.1) is 0 Å². The average Bonchev–Trinajstić information content (AvgIpc) is 2.82. The van der Waals surface area contributed by atoms with E-state index in [-0.39, 0.29) is 11.3 Å². The highest BCUT2D eigenvalue weighted by Gasteiger charge is 2.08. The lowest BCUT2D eigenvalue weighted by Crippen LogP contribution is -2.17. The first kappa shape index (κ1) is 10.9. The first-order chi connectivity index (χ1) is 8.27. The van der Waals surface area contributed by atoms with Crippen LogP contribution in [0.5, 0.6) is 5.75 Å². The fourth-order valence-electron chi connectivity index (χ4n) is 1.25. The zero-order valence-corrected chi connectivity index (χ0v) is 8.83. The van der Waals surface area contributed by atoms with Gasteiger partial charge in [-0.25, -0.2) is 5.43 Å². The normalized spacial score (nSPS) is 10.6. The molecule has 0 aliphatic heterocycles. The van der Waals surface area contributed by atoms with Gasteiger partial charge in [0.05, 0.1) is 18.0 Å². The van der Waals surface area contributed by atoms with Gasteiger partial charge < -0.3 is 9.52 Å². The van der Waals surface area contributed by atoms with Crippen molar-refractivity contribution in [2.45, 2.75) is 0 Å². The van der Waals surface area contributed by atoms with Crippen LogP contribution in [0.3, 0.4) is 0 Å². The van der Waals surface area contributed by atoms with Crippen LogP contribution < -0.4 is 5.43 Å². The van der Waals surface area contributed by atoms with E-state index < -0.39 is 5.91 Å². The number of hydrazone groups is 1. The van der Waals surface area contributed by atoms with Crippen molar-refractivity contribution in [1.82, 2.24) is 5.43 Å². The summed E-state index contributed by atoms with van der Waals surface area (Å²) in [5, 5.41) is 13.1. The molecule has 5 nitrogen and oxygen atoms in total. The Morgan fingerprint density at radius 2 is 2.12 bits per heavy atom. The van der Waals surface area contributed by atoms with Crippen molar-refractivity contribution >= 4 is 12.1 Å². The summed E-state index contributed by atoms with van der Waals surface area (Å²) in [7, 11) is 0. The number of aromatic hydroxyl groups is 1. The van der Waals surface area contributed by atoms with E-state index >= 15 is 0 Å². The zero-order chi connectivity index (χ0) is 12.1. The summed E-state index contributed by atoms with van der Waals surface area (Å²) in [6.45, 7) is 0. The van der Waals surface area contributed by atoms with Crippen LogP contribution in [0.15, 0.2) is 52.2 Å². The quantitative estimate of drug-likeness (QED) is 0.623. The van der Waals surface area contributed by atoms with Gasteiger partial charge in [0.15, 0.2) is 0 Å². The number of hydrogen-bond donors (Lipinski definition) is 2. The molecule has 0 saturated heterocycles. The molecule has 2 aromatic rings. The van der Waals surface area contributed by atoms with Crippen molar-refractivity contribution in [3.05, 3.63) is 54.0 Å². The molecule has 17 heavy (non-hydrogen) atoms. The highest BCUT2D eigenvalue weighted by atomic mass is 16.3. The molecule has 2 N–H and O–H groups in total. The number of phenols is 1. The number of phenolic OH excluding ortho intramolecular Hbond substituents is 1. The molecule has 0 bridgehead atoms. The Kier molecular flexibility index (Phi) is 3.20. The predicted molar refractivity (Wildman–Crippen MR) is 61.9 cm³/mol. The fraction of sp³-hybridized carbons (Fsp3) is 0. The van der Waals surface area contributed by atoms with Crippen molar-refractivity contribution in [2.24, 2.45) is 5.10 Å². The summed E-state index contributed by atoms with van der Waals surface area (Å²) in [6.07, 6.45) is 2.88. The standard InChI is InChI=1S/C12H10N2O3/c15-11-6-2-1-5-10(11)12(16)14-13-8-9-4-3-7-17-9/h1-8,15H,(H,14,16). The van der Waals surface area contributed by atoms with E-state index in [1.54, 1.807) is 24.3 Å². The minimum absolute atomic E-state index is 0.0850. The van der Waals surface area contributed by atoms with Crippen LogP contribution in [0.1, 0.15) is 16.1 Å². The molecule has 86 valence electrons. The smallest absolute Gasteiger partial charge is 0.275 e. The number of furan rings is 1. The van der Waals surface area contributed by atoms with Crippen LogP contribution in [0.2, 0.25) is 0 Å². The number of nitrogens with zero attached hydrogens (tertiary/aromatic N) is 1. The maximum absolute atomic E-state index is 11.6. The number of amides is 1. The Morgan fingerprint density at radius 3 is 2.82 bits per heavy atom. The molecule has 0 unspecified atom stereocenters. The molecule has 1 amide bonds. The third-order valence-electron chi connectivity index (χ3n) is 2.05. The van der Waals surface area contributed by atoms with Gasteiger partial charge in [0.25, 0.3) is 5.91 Å². The first-order valence-corrected chi connectivity index (χ1v) is 4.92. The minimum atomic E-state index is -0.481. The van der Waals surface area contributed by atoms with E-state index in [1.165, 1.54) is 24.6 Å². The molecule has 2 rings (SSSR count). The molecule has 0 atom stereocenters. The van der Waals surface area contributed by atoms with Crippen molar-refractivity contribution in [2.75, 3.05) is 0 Å². The lowest BCUT2D eigenvalue weighted by Gasteiger charge is -2.01. The second kappa shape index (κ2) is 4.98. The molecule has 0 spiro atoms. The maximum atomic E-state index is 11.6. The van der Waals surface area contributed by atoms with E-state index in [0.29, 0.717) is 5.76 Å². The Hall–Kier alpha value is -2.56. The van der Waals surface area contributed by atoms with Crippen LogP contribution in [-0.2, 0) is 0 Å². The van der Waals surface area contributed by atoms with Gasteiger partial charge in [-0.05, 0) is 24.3 Å². The Balaban J connectivity index is 2.01. The second-order valence-corrected chi connectivity index (χ2v) is 3.23. The van der Waals surface area contributed by atoms with Crippen LogP contribution in [-0.4, -0.2) is 17.2 Å². The van der Waals surface area contributed by atoms with Crippen LogP contribution in [0.4, 0.5) is 0 Å². The second-order valence-electron chi connectivity index (χ2n) is 3.23.